The van der Waals surface area contributed by atoms with Crippen LogP contribution in [0, 0.1) is 0 Å². The van der Waals surface area contributed by atoms with Gasteiger partial charge in [-0.2, -0.15) is 0 Å². The third-order valence-corrected chi connectivity index (χ3v) is 5.99. The molecule has 0 bridgehead atoms. The Morgan fingerprint density at radius 2 is 2.17 bits per heavy atom. The van der Waals surface area contributed by atoms with Crippen LogP contribution >= 0.6 is 23.7 Å². The largest absolute Gasteiger partial charge is 0.488 e. The molecule has 1 fully saturated rings. The minimum absolute atomic E-state index is 0. The molecule has 1 aromatic carbocycles. The van der Waals surface area contributed by atoms with Gasteiger partial charge < -0.3 is 15.2 Å². The summed E-state index contributed by atoms with van der Waals surface area (Å²) in [4.78, 5) is 25.6. The number of fused-ring (bicyclic) bond motifs is 2. The predicted molar refractivity (Wildman–Crippen MR) is 119 cm³/mol. The normalized spacial score (nSPS) is 18.3. The molecule has 2 N–H and O–H groups in total. The molecule has 0 aliphatic heterocycles. The minimum atomic E-state index is -0.339. The molecule has 0 unspecified atom stereocenters. The number of rotatable bonds is 4. The van der Waals surface area contributed by atoms with Crippen molar-refractivity contribution in [2.24, 2.45) is 0 Å². The number of nitrogens with one attached hydrogen (secondary N) is 1. The van der Waals surface area contributed by atoms with Crippen LogP contribution in [0.1, 0.15) is 29.6 Å². The molecule has 0 spiro atoms. The number of hydrogen-bond donors (Lipinski definition) is 2. The van der Waals surface area contributed by atoms with Crippen LogP contribution in [-0.4, -0.2) is 38.2 Å². The van der Waals surface area contributed by atoms with E-state index in [0.29, 0.717) is 28.9 Å². The van der Waals surface area contributed by atoms with Gasteiger partial charge in [0, 0.05) is 35.6 Å². The number of nitrogens with zero attached hydrogens (tertiary/aromatic N) is 3. The minimum Gasteiger partial charge on any atom is -0.488 e. The van der Waals surface area contributed by atoms with Crippen LogP contribution in [0.2, 0.25) is 0 Å². The zero-order valence-corrected chi connectivity index (χ0v) is 17.4. The Labute approximate surface area is 182 Å². The van der Waals surface area contributed by atoms with Gasteiger partial charge in [0.2, 0.25) is 0 Å². The van der Waals surface area contributed by atoms with Crippen LogP contribution < -0.4 is 10.1 Å². The van der Waals surface area contributed by atoms with E-state index in [9.17, 15) is 9.90 Å². The molecule has 154 valence electrons. The van der Waals surface area contributed by atoms with Gasteiger partial charge in [-0.05, 0) is 25.0 Å². The molecule has 1 aliphatic rings. The summed E-state index contributed by atoms with van der Waals surface area (Å²) < 4.78 is 7.01. The van der Waals surface area contributed by atoms with E-state index >= 15 is 0 Å². The maximum absolute atomic E-state index is 13.0. The lowest BCUT2D eigenvalue weighted by atomic mass is 10.1. The lowest BCUT2D eigenvalue weighted by Crippen LogP contribution is -2.17. The number of aliphatic hydroxyl groups excluding tert-OH is 1. The van der Waals surface area contributed by atoms with Gasteiger partial charge in [0.25, 0.3) is 5.91 Å². The fraction of sp³-hybridized carbons (Fsp3) is 0.238. The third-order valence-electron chi connectivity index (χ3n) is 5.09. The maximum atomic E-state index is 13.0. The van der Waals surface area contributed by atoms with E-state index in [1.807, 2.05) is 24.3 Å². The first kappa shape index (κ1) is 20.5. The topological polar surface area (TPSA) is 97.2 Å². The van der Waals surface area contributed by atoms with Crippen molar-refractivity contribution in [2.45, 2.75) is 31.5 Å². The Hall–Kier alpha value is -2.81. The lowest BCUT2D eigenvalue weighted by Gasteiger charge is -2.18. The van der Waals surface area contributed by atoms with Gasteiger partial charge in [0.15, 0.2) is 0 Å². The average molecular weight is 443 g/mol. The quantitative estimate of drug-likeness (QED) is 0.491. The second-order valence-corrected chi connectivity index (χ2v) is 8.00. The van der Waals surface area contributed by atoms with Crippen LogP contribution in [0.4, 0.5) is 5.69 Å². The lowest BCUT2D eigenvalue weighted by molar-refractivity contribution is 0.102. The summed E-state index contributed by atoms with van der Waals surface area (Å²) in [6, 6.07) is 7.49. The molecule has 5 rings (SSSR count). The van der Waals surface area contributed by atoms with Gasteiger partial charge in [-0.25, -0.2) is 9.97 Å². The van der Waals surface area contributed by atoms with Crippen molar-refractivity contribution in [1.82, 2.24) is 15.0 Å². The molecular weight excluding hydrogens is 424 g/mol. The van der Waals surface area contributed by atoms with Crippen LogP contribution in [0.15, 0.2) is 48.4 Å². The number of carbonyl (C=O) groups excluding carboxylic acids is 1. The smallest absolute Gasteiger partial charge is 0.258 e. The highest BCUT2D eigenvalue weighted by atomic mass is 35.5. The van der Waals surface area contributed by atoms with Gasteiger partial charge in [0.1, 0.15) is 18.2 Å². The van der Waals surface area contributed by atoms with E-state index in [1.54, 1.807) is 17.8 Å². The first-order valence-corrected chi connectivity index (χ1v) is 10.3. The van der Waals surface area contributed by atoms with E-state index in [0.717, 1.165) is 28.4 Å². The van der Waals surface area contributed by atoms with Gasteiger partial charge in [-0.15, -0.1) is 23.7 Å². The molecule has 0 saturated heterocycles. The summed E-state index contributed by atoms with van der Waals surface area (Å²) in [6.07, 6.45) is 6.52. The fourth-order valence-corrected chi connectivity index (χ4v) is 4.49. The van der Waals surface area contributed by atoms with Crippen molar-refractivity contribution in [3.8, 4) is 5.75 Å². The van der Waals surface area contributed by atoms with Crippen LogP contribution in [-0.2, 0) is 0 Å². The Balaban J connectivity index is 0.00000218. The molecule has 0 radical (unpaired) electrons. The summed E-state index contributed by atoms with van der Waals surface area (Å²) in [5.41, 5.74) is 2.49. The monoisotopic (exact) mass is 442 g/mol. The SMILES string of the molecule is Cl.O=C(Nc1cc2cccnc2cc1O[C@@H]1CC[C@@H](O)C1)c1csc2cncnc12. The number of pyridine rings is 1. The van der Waals surface area contributed by atoms with Crippen molar-refractivity contribution in [2.75, 3.05) is 5.32 Å². The van der Waals surface area contributed by atoms with Crippen LogP contribution in [0.5, 0.6) is 5.75 Å². The molecule has 3 aromatic heterocycles. The van der Waals surface area contributed by atoms with E-state index < -0.39 is 0 Å². The molecule has 7 nitrogen and oxygen atoms in total. The molecule has 30 heavy (non-hydrogen) atoms. The zero-order valence-electron chi connectivity index (χ0n) is 15.8. The summed E-state index contributed by atoms with van der Waals surface area (Å²) in [5, 5.41) is 15.5. The highest BCUT2D eigenvalue weighted by molar-refractivity contribution is 7.17. The van der Waals surface area contributed by atoms with Crippen LogP contribution in [0.25, 0.3) is 21.1 Å². The van der Waals surface area contributed by atoms with E-state index in [4.69, 9.17) is 4.74 Å². The molecule has 2 atom stereocenters. The van der Waals surface area contributed by atoms with Crippen molar-refractivity contribution in [3.63, 3.8) is 0 Å². The Morgan fingerprint density at radius 3 is 3.00 bits per heavy atom. The van der Waals surface area contributed by atoms with Crippen LogP contribution in [0.3, 0.4) is 0 Å². The number of hydrogen-bond acceptors (Lipinski definition) is 7. The Bertz CT molecular complexity index is 1220. The Morgan fingerprint density at radius 1 is 1.27 bits per heavy atom. The van der Waals surface area contributed by atoms with Crippen molar-refractivity contribution in [1.29, 1.82) is 0 Å². The molecule has 9 heteroatoms. The maximum Gasteiger partial charge on any atom is 0.258 e. The number of halogens is 1. The summed E-state index contributed by atoms with van der Waals surface area (Å²) in [5.74, 6) is 0.298. The van der Waals surface area contributed by atoms with Crippen molar-refractivity contribution < 1.29 is 14.6 Å². The van der Waals surface area contributed by atoms with Crippen molar-refractivity contribution in [3.05, 3.63) is 53.9 Å². The first-order valence-electron chi connectivity index (χ1n) is 9.39. The summed E-state index contributed by atoms with van der Waals surface area (Å²) in [6.45, 7) is 0. The number of aliphatic hydroxyl groups is 1. The highest BCUT2D eigenvalue weighted by Gasteiger charge is 2.26. The predicted octanol–water partition coefficient (Wildman–Crippen LogP) is 4.21. The second kappa shape index (κ2) is 8.51. The van der Waals surface area contributed by atoms with Gasteiger partial charge in [-0.3, -0.25) is 9.78 Å². The number of thiophene rings is 1. The van der Waals surface area contributed by atoms with Gasteiger partial charge in [0.05, 0.1) is 33.1 Å². The van der Waals surface area contributed by atoms with Gasteiger partial charge in [-0.1, -0.05) is 6.07 Å². The molecule has 1 saturated carbocycles. The summed E-state index contributed by atoms with van der Waals surface area (Å²) >= 11 is 1.43. The number of amides is 1. The number of aromatic nitrogens is 3. The third kappa shape index (κ3) is 3.94. The fourth-order valence-electron chi connectivity index (χ4n) is 3.63. The average Bonchev–Trinajstić information content (AvgIpc) is 3.34. The van der Waals surface area contributed by atoms with Gasteiger partial charge >= 0.3 is 0 Å². The standard InChI is InChI=1S/C21H18N4O3S.ClH/c26-13-3-4-14(7-13)28-18-8-16-12(2-1-5-23-16)6-17(18)25-21(27)15-10-29-19-9-22-11-24-20(15)19;/h1-2,5-6,8-11,13-14,26H,3-4,7H2,(H,25,27);1H/t13-,14-;/m1./s1. The first-order chi connectivity index (χ1) is 14.2. The molecule has 1 amide bonds. The van der Waals surface area contributed by atoms with E-state index in [2.05, 4.69) is 20.3 Å². The molecule has 4 aromatic rings. The second-order valence-electron chi connectivity index (χ2n) is 7.09. The summed E-state index contributed by atoms with van der Waals surface area (Å²) in [7, 11) is 0. The van der Waals surface area contributed by atoms with Crippen molar-refractivity contribution >= 4 is 56.5 Å². The van der Waals surface area contributed by atoms with E-state index in [1.165, 1.54) is 17.7 Å². The van der Waals surface area contributed by atoms with E-state index in [-0.39, 0.29) is 30.5 Å². The molecule has 1 aliphatic carbocycles. The Kier molecular flexibility index (Phi) is 5.80. The molecular formula is C21H19ClN4O3S. The highest BCUT2D eigenvalue weighted by Crippen LogP contribution is 2.34. The number of carbonyl (C=O) groups is 1. The number of ether oxygens (including phenoxy) is 1. The molecule has 3 heterocycles. The number of benzene rings is 1. The zero-order chi connectivity index (χ0) is 19.8. The number of anilines is 1.